The van der Waals surface area contributed by atoms with Crippen molar-refractivity contribution in [2.24, 2.45) is 0 Å². The molecule has 1 aromatic carbocycles. The van der Waals surface area contributed by atoms with Crippen LogP contribution in [0.15, 0.2) is 30.3 Å². The van der Waals surface area contributed by atoms with Crippen LogP contribution in [0.3, 0.4) is 0 Å². The van der Waals surface area contributed by atoms with E-state index in [-0.39, 0.29) is 5.97 Å². The summed E-state index contributed by atoms with van der Waals surface area (Å²) in [6.07, 6.45) is -0.454. The molecule has 1 fully saturated rings. The molecule has 92 valence electrons. The molecule has 1 heterocycles. The van der Waals surface area contributed by atoms with Gasteiger partial charge in [-0.15, -0.1) is 0 Å². The van der Waals surface area contributed by atoms with Crippen LogP contribution in [0.2, 0.25) is 0 Å². The average molecular weight is 347 g/mol. The molecule has 5 heteroatoms. The van der Waals surface area contributed by atoms with Gasteiger partial charge in [-0.3, -0.25) is 0 Å². The van der Waals surface area contributed by atoms with E-state index < -0.39 is 6.10 Å². The number of rotatable bonds is 3. The van der Waals surface area contributed by atoms with Crippen molar-refractivity contribution >= 4 is 28.8 Å². The molecule has 1 saturated heterocycles. The molecule has 1 aliphatic rings. The molecule has 1 aromatic rings. The highest BCUT2D eigenvalue weighted by molar-refractivity contribution is 14.1. The van der Waals surface area contributed by atoms with E-state index in [1.54, 1.807) is 0 Å². The summed E-state index contributed by atoms with van der Waals surface area (Å²) in [6, 6.07) is 9.64. The summed E-state index contributed by atoms with van der Waals surface area (Å²) in [5.41, 5.74) is 0.989. The summed E-state index contributed by atoms with van der Waals surface area (Å²) in [5, 5.41) is 0. The molecule has 1 unspecified atom stereocenters. The molecule has 2 rings (SSSR count). The Bertz CT molecular complexity index is 371. The summed E-state index contributed by atoms with van der Waals surface area (Å²) >= 11 is 2.19. The van der Waals surface area contributed by atoms with Crippen molar-refractivity contribution in [1.29, 1.82) is 0 Å². The highest BCUT2D eigenvalue weighted by Crippen LogP contribution is 2.11. The maximum absolute atomic E-state index is 11.7. The SMILES string of the molecule is O=C(OCc1ccccc1)C1CN(I)CCO1. The first-order valence-corrected chi connectivity index (χ1v) is 6.45. The zero-order valence-electron chi connectivity index (χ0n) is 9.34. The van der Waals surface area contributed by atoms with Crippen LogP contribution < -0.4 is 0 Å². The zero-order chi connectivity index (χ0) is 12.1. The first-order valence-electron chi connectivity index (χ1n) is 5.48. The fraction of sp³-hybridized carbons (Fsp3) is 0.417. The maximum Gasteiger partial charge on any atom is 0.336 e. The van der Waals surface area contributed by atoms with E-state index in [4.69, 9.17) is 9.47 Å². The van der Waals surface area contributed by atoms with Crippen molar-refractivity contribution < 1.29 is 14.3 Å². The Morgan fingerprint density at radius 3 is 2.94 bits per heavy atom. The molecule has 0 bridgehead atoms. The number of carbonyl (C=O) groups is 1. The van der Waals surface area contributed by atoms with E-state index in [0.717, 1.165) is 12.1 Å². The Balaban J connectivity index is 1.81. The van der Waals surface area contributed by atoms with Crippen LogP contribution in [0.4, 0.5) is 0 Å². The Kier molecular flexibility index (Phi) is 4.75. The van der Waals surface area contributed by atoms with Crippen LogP contribution in [-0.4, -0.2) is 34.9 Å². The van der Waals surface area contributed by atoms with Gasteiger partial charge in [-0.05, 0) is 5.56 Å². The van der Waals surface area contributed by atoms with Crippen molar-refractivity contribution in [3.05, 3.63) is 35.9 Å². The minimum Gasteiger partial charge on any atom is -0.459 e. The van der Waals surface area contributed by atoms with Crippen molar-refractivity contribution in [2.75, 3.05) is 19.7 Å². The van der Waals surface area contributed by atoms with Crippen molar-refractivity contribution in [3.8, 4) is 0 Å². The predicted octanol–water partition coefficient (Wildman–Crippen LogP) is 1.78. The van der Waals surface area contributed by atoms with Gasteiger partial charge in [-0.25, -0.2) is 7.91 Å². The second-order valence-corrected chi connectivity index (χ2v) is 5.19. The molecule has 4 nitrogen and oxygen atoms in total. The number of hydrogen-bond acceptors (Lipinski definition) is 4. The Labute approximate surface area is 114 Å². The van der Waals surface area contributed by atoms with Crippen molar-refractivity contribution in [3.63, 3.8) is 0 Å². The molecule has 1 aliphatic heterocycles. The van der Waals surface area contributed by atoms with Crippen LogP contribution in [0.1, 0.15) is 5.56 Å². The number of halogens is 1. The number of ether oxygens (including phenoxy) is 2. The minimum atomic E-state index is -0.454. The van der Waals surface area contributed by atoms with Gasteiger partial charge in [-0.2, -0.15) is 0 Å². The topological polar surface area (TPSA) is 38.8 Å². The molecule has 0 aromatic heterocycles. The molecule has 0 radical (unpaired) electrons. The molecule has 0 aliphatic carbocycles. The molecule has 0 spiro atoms. The number of esters is 1. The quantitative estimate of drug-likeness (QED) is 0.475. The molecule has 0 saturated carbocycles. The Morgan fingerprint density at radius 1 is 1.47 bits per heavy atom. The van der Waals surface area contributed by atoms with Crippen LogP contribution >= 0.6 is 22.9 Å². The van der Waals surface area contributed by atoms with Gasteiger partial charge in [0.2, 0.25) is 0 Å². The highest BCUT2D eigenvalue weighted by Gasteiger charge is 2.26. The lowest BCUT2D eigenvalue weighted by Gasteiger charge is -2.26. The van der Waals surface area contributed by atoms with E-state index in [1.165, 1.54) is 0 Å². The number of carbonyl (C=O) groups excluding carboxylic acids is 1. The lowest BCUT2D eigenvalue weighted by molar-refractivity contribution is -0.161. The third-order valence-electron chi connectivity index (χ3n) is 2.50. The van der Waals surface area contributed by atoms with E-state index >= 15 is 0 Å². The molecular formula is C12H14INO3. The van der Waals surface area contributed by atoms with Crippen molar-refractivity contribution in [1.82, 2.24) is 3.11 Å². The molecule has 0 amide bonds. The van der Waals surface area contributed by atoms with Crippen LogP contribution in [-0.2, 0) is 20.9 Å². The second kappa shape index (κ2) is 6.32. The van der Waals surface area contributed by atoms with E-state index in [1.807, 2.05) is 33.4 Å². The Hall–Kier alpha value is -0.660. The van der Waals surface area contributed by atoms with E-state index in [0.29, 0.717) is 19.8 Å². The van der Waals surface area contributed by atoms with Crippen LogP contribution in [0, 0.1) is 0 Å². The van der Waals surface area contributed by atoms with Crippen LogP contribution in [0.5, 0.6) is 0 Å². The van der Waals surface area contributed by atoms with E-state index in [9.17, 15) is 4.79 Å². The predicted molar refractivity (Wildman–Crippen MR) is 71.6 cm³/mol. The maximum atomic E-state index is 11.7. The first kappa shape index (κ1) is 12.8. The number of hydrogen-bond donors (Lipinski definition) is 0. The van der Waals surface area contributed by atoms with Gasteiger partial charge in [0.05, 0.1) is 6.61 Å². The van der Waals surface area contributed by atoms with Crippen LogP contribution in [0.25, 0.3) is 0 Å². The van der Waals surface area contributed by atoms with Gasteiger partial charge in [0.25, 0.3) is 0 Å². The summed E-state index contributed by atoms with van der Waals surface area (Å²) in [7, 11) is 0. The Morgan fingerprint density at radius 2 is 2.24 bits per heavy atom. The van der Waals surface area contributed by atoms with Gasteiger partial charge in [-0.1, -0.05) is 30.3 Å². The van der Waals surface area contributed by atoms with E-state index in [2.05, 4.69) is 22.9 Å². The summed E-state index contributed by atoms with van der Waals surface area (Å²) < 4.78 is 12.6. The van der Waals surface area contributed by atoms with Gasteiger partial charge in [0.15, 0.2) is 6.10 Å². The standard InChI is InChI=1S/C12H14INO3/c13-14-6-7-16-11(8-14)12(15)17-9-10-4-2-1-3-5-10/h1-5,11H,6-9H2. The first-order chi connectivity index (χ1) is 8.25. The third-order valence-corrected chi connectivity index (χ3v) is 3.38. The van der Waals surface area contributed by atoms with Gasteiger partial charge in [0, 0.05) is 36.0 Å². The summed E-state index contributed by atoms with van der Waals surface area (Å²) in [4.78, 5) is 11.7. The normalized spacial score (nSPS) is 21.1. The van der Waals surface area contributed by atoms with Gasteiger partial charge >= 0.3 is 5.97 Å². The monoisotopic (exact) mass is 347 g/mol. The second-order valence-electron chi connectivity index (χ2n) is 3.82. The summed E-state index contributed by atoms with van der Waals surface area (Å²) in [5.74, 6) is -0.282. The number of nitrogens with zero attached hydrogens (tertiary/aromatic N) is 1. The number of morpholine rings is 1. The number of benzene rings is 1. The fourth-order valence-corrected chi connectivity index (χ4v) is 2.14. The minimum absolute atomic E-state index is 0.282. The summed E-state index contributed by atoms with van der Waals surface area (Å²) in [6.45, 7) is 2.33. The van der Waals surface area contributed by atoms with Gasteiger partial charge in [0.1, 0.15) is 6.61 Å². The highest BCUT2D eigenvalue weighted by atomic mass is 127. The lowest BCUT2D eigenvalue weighted by Crippen LogP contribution is -2.42. The molecule has 0 N–H and O–H groups in total. The average Bonchev–Trinajstić information content (AvgIpc) is 2.37. The smallest absolute Gasteiger partial charge is 0.336 e. The van der Waals surface area contributed by atoms with Gasteiger partial charge < -0.3 is 9.47 Å². The largest absolute Gasteiger partial charge is 0.459 e. The molecule has 17 heavy (non-hydrogen) atoms. The lowest BCUT2D eigenvalue weighted by atomic mass is 10.2. The zero-order valence-corrected chi connectivity index (χ0v) is 11.5. The fourth-order valence-electron chi connectivity index (χ4n) is 1.58. The molecule has 1 atom stereocenters. The third kappa shape index (κ3) is 3.93. The molecular weight excluding hydrogens is 333 g/mol. The van der Waals surface area contributed by atoms with Crippen molar-refractivity contribution in [2.45, 2.75) is 12.7 Å².